The summed E-state index contributed by atoms with van der Waals surface area (Å²) in [5, 5.41) is 22.2. The smallest absolute Gasteiger partial charge is 0.290 e. The summed E-state index contributed by atoms with van der Waals surface area (Å²) >= 11 is 0. The van der Waals surface area contributed by atoms with E-state index in [1.54, 1.807) is 17.0 Å². The van der Waals surface area contributed by atoms with E-state index < -0.39 is 12.0 Å². The van der Waals surface area contributed by atoms with Crippen molar-refractivity contribution in [3.05, 3.63) is 113 Å². The molecule has 30 heavy (non-hydrogen) atoms. The molecule has 2 unspecified atom stereocenters. The van der Waals surface area contributed by atoms with Gasteiger partial charge in [0.25, 0.3) is 5.91 Å². The van der Waals surface area contributed by atoms with E-state index in [2.05, 4.69) is 5.32 Å². The van der Waals surface area contributed by atoms with Gasteiger partial charge in [-0.25, -0.2) is 0 Å². The van der Waals surface area contributed by atoms with E-state index in [0.29, 0.717) is 13.0 Å². The fourth-order valence-corrected chi connectivity index (χ4v) is 3.47. The van der Waals surface area contributed by atoms with Crippen molar-refractivity contribution in [1.29, 1.82) is 5.26 Å². The number of hydrogen-bond donors (Lipinski definition) is 1. The minimum absolute atomic E-state index is 0.000706. The molecule has 0 fully saturated rings. The third-order valence-corrected chi connectivity index (χ3v) is 4.91. The standard InChI is InChI=1S/C25H22N4O/c26-18-22(19-27)23(21-12-6-2-7-13-21)24(29-16-8-3-9-17-29)25(30)28-15-14-20-10-4-1-5-11-20/h1-13,16-17,23-24H,14-15H2,(H,28,30). The molecule has 5 heteroatoms. The van der Waals surface area contributed by atoms with Crippen molar-refractivity contribution in [2.45, 2.75) is 18.4 Å². The molecule has 0 aliphatic heterocycles. The maximum absolute atomic E-state index is 13.3. The first-order chi connectivity index (χ1) is 14.7. The van der Waals surface area contributed by atoms with Crippen LogP contribution in [0.15, 0.2) is 96.8 Å². The zero-order valence-electron chi connectivity index (χ0n) is 16.5. The second-order valence-corrected chi connectivity index (χ2v) is 6.82. The van der Waals surface area contributed by atoms with Gasteiger partial charge in [-0.3, -0.25) is 10.7 Å². The Hall–Kier alpha value is -4.00. The lowest BCUT2D eigenvalue weighted by atomic mass is 9.85. The van der Waals surface area contributed by atoms with Crippen LogP contribution in [-0.4, -0.2) is 18.3 Å². The molecule has 0 spiro atoms. The highest BCUT2D eigenvalue weighted by molar-refractivity contribution is 5.82. The van der Waals surface area contributed by atoms with Gasteiger partial charge in [-0.05, 0) is 17.5 Å². The van der Waals surface area contributed by atoms with Crippen molar-refractivity contribution in [2.24, 2.45) is 0 Å². The molecule has 0 saturated carbocycles. The zero-order chi connectivity index (χ0) is 21.2. The molecule has 0 aliphatic rings. The molecule has 1 N–H and O–H groups in total. The summed E-state index contributed by atoms with van der Waals surface area (Å²) in [4.78, 5) is 13.3. The minimum atomic E-state index is -0.765. The molecule has 0 aliphatic carbocycles. The number of pyridine rings is 1. The Bertz CT molecular complexity index is 1050. The average molecular weight is 394 g/mol. The highest BCUT2D eigenvalue weighted by Crippen LogP contribution is 2.31. The summed E-state index contributed by atoms with van der Waals surface area (Å²) in [7, 11) is 0. The molecular weight excluding hydrogens is 372 g/mol. The number of rotatable bonds is 8. The van der Waals surface area contributed by atoms with Gasteiger partial charge in [-0.1, -0.05) is 66.7 Å². The van der Waals surface area contributed by atoms with Gasteiger partial charge in [0.05, 0.1) is 11.5 Å². The molecule has 0 saturated heterocycles. The molecule has 2 aromatic carbocycles. The van der Waals surface area contributed by atoms with Gasteiger partial charge in [-0.2, -0.15) is 9.83 Å². The third kappa shape index (κ3) is 5.08. The van der Waals surface area contributed by atoms with Crippen LogP contribution < -0.4 is 9.88 Å². The van der Waals surface area contributed by atoms with Gasteiger partial charge < -0.3 is 10.7 Å². The summed E-state index contributed by atoms with van der Waals surface area (Å²) in [5.41, 5.74) is 1.87. The highest BCUT2D eigenvalue weighted by Gasteiger charge is 2.39. The van der Waals surface area contributed by atoms with E-state index in [0.717, 1.165) is 11.1 Å². The number of carbonyl (C=O) groups excluding carboxylic acids is 1. The van der Waals surface area contributed by atoms with Crippen molar-refractivity contribution in [3.8, 4) is 6.07 Å². The summed E-state index contributed by atoms with van der Waals surface area (Å²) in [6, 6.07) is 25.9. The minimum Gasteiger partial charge on any atom is -0.762 e. The van der Waals surface area contributed by atoms with E-state index in [1.165, 1.54) is 0 Å². The fourth-order valence-electron chi connectivity index (χ4n) is 3.47. The molecule has 2 atom stereocenters. The Morgan fingerprint density at radius 1 is 0.967 bits per heavy atom. The predicted octanol–water partition coefficient (Wildman–Crippen LogP) is 3.35. The van der Waals surface area contributed by atoms with E-state index in [9.17, 15) is 15.5 Å². The summed E-state index contributed by atoms with van der Waals surface area (Å²) < 4.78 is 1.75. The van der Waals surface area contributed by atoms with Crippen molar-refractivity contribution < 1.29 is 9.36 Å². The molecule has 0 bridgehead atoms. The number of aromatic nitrogens is 1. The van der Waals surface area contributed by atoms with E-state index in [1.807, 2.05) is 90.8 Å². The van der Waals surface area contributed by atoms with E-state index in [4.69, 9.17) is 0 Å². The van der Waals surface area contributed by atoms with Gasteiger partial charge in [0, 0.05) is 18.7 Å². The van der Waals surface area contributed by atoms with Crippen LogP contribution in [0.5, 0.6) is 0 Å². The number of nitrogens with one attached hydrogen (secondary N) is 1. The Labute approximate surface area is 176 Å². The fraction of sp³-hybridized carbons (Fsp3) is 0.160. The first-order valence-electron chi connectivity index (χ1n) is 9.74. The Kier molecular flexibility index (Phi) is 7.27. The largest absolute Gasteiger partial charge is 0.762 e. The first-order valence-corrected chi connectivity index (χ1v) is 9.74. The van der Waals surface area contributed by atoms with Gasteiger partial charge in [-0.15, -0.1) is 0 Å². The van der Waals surface area contributed by atoms with Crippen LogP contribution in [0.1, 0.15) is 23.1 Å². The topological polar surface area (TPSA) is 79.1 Å². The Morgan fingerprint density at radius 2 is 1.57 bits per heavy atom. The van der Waals surface area contributed by atoms with E-state index in [-0.39, 0.29) is 11.5 Å². The molecule has 148 valence electrons. The number of hydrogen-bond acceptors (Lipinski definition) is 2. The second-order valence-electron chi connectivity index (χ2n) is 6.82. The van der Waals surface area contributed by atoms with Crippen LogP contribution >= 0.6 is 0 Å². The quantitative estimate of drug-likeness (QED) is 0.361. The molecule has 1 aromatic heterocycles. The van der Waals surface area contributed by atoms with Crippen LogP contribution in [-0.2, 0) is 11.2 Å². The summed E-state index contributed by atoms with van der Waals surface area (Å²) in [6.07, 6.45) is 4.26. The van der Waals surface area contributed by atoms with Crippen LogP contribution in [0.3, 0.4) is 0 Å². The number of carbonyl (C=O) groups is 1. The number of allylic oxidation sites excluding steroid dienone is 1. The summed E-state index contributed by atoms with van der Waals surface area (Å²) in [6.45, 7) is 0.461. The van der Waals surface area contributed by atoms with Crippen LogP contribution in [0.25, 0.3) is 5.41 Å². The van der Waals surface area contributed by atoms with Crippen molar-refractivity contribution >= 4 is 11.8 Å². The Balaban J connectivity index is 1.93. The third-order valence-electron chi connectivity index (χ3n) is 4.91. The van der Waals surface area contributed by atoms with Crippen LogP contribution in [0.2, 0.25) is 0 Å². The van der Waals surface area contributed by atoms with Gasteiger partial charge in [0.1, 0.15) is 6.07 Å². The maximum atomic E-state index is 13.3. The van der Waals surface area contributed by atoms with Gasteiger partial charge >= 0.3 is 0 Å². The molecule has 1 amide bonds. The Morgan fingerprint density at radius 3 is 2.17 bits per heavy atom. The van der Waals surface area contributed by atoms with Gasteiger partial charge in [0.15, 0.2) is 12.4 Å². The zero-order valence-corrected chi connectivity index (χ0v) is 16.5. The SMILES string of the molecule is N#CC(=C=[N-])C(c1ccccc1)C(C(=O)NCCc1ccccc1)[n+]1ccccc1. The normalized spacial score (nSPS) is 12.1. The molecule has 0 radical (unpaired) electrons. The lowest BCUT2D eigenvalue weighted by Gasteiger charge is -2.22. The number of nitrogens with zero attached hydrogens (tertiary/aromatic N) is 3. The monoisotopic (exact) mass is 394 g/mol. The molecule has 3 rings (SSSR count). The predicted molar refractivity (Wildman–Crippen MR) is 116 cm³/mol. The van der Waals surface area contributed by atoms with Crippen molar-refractivity contribution in [3.63, 3.8) is 0 Å². The highest BCUT2D eigenvalue weighted by atomic mass is 16.2. The lowest BCUT2D eigenvalue weighted by Crippen LogP contribution is -2.51. The van der Waals surface area contributed by atoms with Gasteiger partial charge in [0.2, 0.25) is 6.04 Å². The van der Waals surface area contributed by atoms with Crippen molar-refractivity contribution in [2.75, 3.05) is 6.54 Å². The lowest BCUT2D eigenvalue weighted by molar-refractivity contribution is -0.711. The average Bonchev–Trinajstić information content (AvgIpc) is 2.81. The maximum Gasteiger partial charge on any atom is 0.290 e. The van der Waals surface area contributed by atoms with Crippen molar-refractivity contribution in [1.82, 2.24) is 5.32 Å². The summed E-state index contributed by atoms with van der Waals surface area (Å²) in [5.74, 6) is 1.07. The van der Waals surface area contributed by atoms with Crippen LogP contribution in [0, 0.1) is 11.3 Å². The second kappa shape index (κ2) is 10.5. The first kappa shape index (κ1) is 20.7. The number of benzene rings is 2. The number of nitriles is 1. The van der Waals surface area contributed by atoms with Crippen LogP contribution in [0.4, 0.5) is 0 Å². The molecule has 5 nitrogen and oxygen atoms in total. The number of amides is 1. The molecular formula is C25H22N4O. The molecule has 3 aromatic rings. The molecule has 1 heterocycles. The van der Waals surface area contributed by atoms with E-state index >= 15 is 0 Å².